The molecule has 8 nitrogen and oxygen atoms in total. The third-order valence-corrected chi connectivity index (χ3v) is 4.20. The summed E-state index contributed by atoms with van der Waals surface area (Å²) in [5, 5.41) is 4.16. The minimum atomic E-state index is -3.70. The Morgan fingerprint density at radius 1 is 1.45 bits per heavy atom. The number of hydrogen-bond acceptors (Lipinski definition) is 6. The summed E-state index contributed by atoms with van der Waals surface area (Å²) in [6, 6.07) is 2.96. The average molecular weight is 296 g/mol. The Bertz CT molecular complexity index is 709. The highest BCUT2D eigenvalue weighted by molar-refractivity contribution is 7.89. The summed E-state index contributed by atoms with van der Waals surface area (Å²) in [5.41, 5.74) is 3.85. The van der Waals surface area contributed by atoms with Crippen LogP contribution in [-0.4, -0.2) is 23.2 Å². The zero-order chi connectivity index (χ0) is 14.8. The van der Waals surface area contributed by atoms with E-state index in [0.717, 1.165) is 11.3 Å². The predicted molar refractivity (Wildman–Crippen MR) is 74.0 cm³/mol. The van der Waals surface area contributed by atoms with E-state index in [0.29, 0.717) is 0 Å². The Morgan fingerprint density at radius 3 is 2.80 bits per heavy atom. The van der Waals surface area contributed by atoms with E-state index in [4.69, 9.17) is 5.84 Å². The Morgan fingerprint density at radius 2 is 2.20 bits per heavy atom. The van der Waals surface area contributed by atoms with E-state index in [9.17, 15) is 8.42 Å². The summed E-state index contributed by atoms with van der Waals surface area (Å²) in [6.07, 6.45) is 3.22. The Kier molecular flexibility index (Phi) is 4.02. The van der Waals surface area contributed by atoms with Gasteiger partial charge in [0.05, 0.1) is 5.69 Å². The molecule has 2 aromatic heterocycles. The quantitative estimate of drug-likeness (QED) is 0.524. The lowest BCUT2D eigenvalue weighted by molar-refractivity contribution is 0.581. The molecule has 0 fully saturated rings. The van der Waals surface area contributed by atoms with Crippen molar-refractivity contribution in [1.29, 1.82) is 0 Å². The van der Waals surface area contributed by atoms with Gasteiger partial charge in [-0.25, -0.2) is 24.0 Å². The van der Waals surface area contributed by atoms with Crippen LogP contribution in [0.25, 0.3) is 0 Å². The molecule has 20 heavy (non-hydrogen) atoms. The van der Waals surface area contributed by atoms with Gasteiger partial charge in [0.15, 0.2) is 5.82 Å². The second-order valence-electron chi connectivity index (χ2n) is 4.23. The molecule has 2 aromatic rings. The van der Waals surface area contributed by atoms with Gasteiger partial charge in [-0.05, 0) is 19.1 Å². The highest BCUT2D eigenvalue weighted by Gasteiger charge is 2.19. The zero-order valence-corrected chi connectivity index (χ0v) is 12.0. The molecule has 4 N–H and O–H groups in total. The molecule has 0 saturated carbocycles. The van der Waals surface area contributed by atoms with Gasteiger partial charge in [-0.15, -0.1) is 0 Å². The number of hydrazine groups is 1. The second kappa shape index (κ2) is 5.57. The maximum Gasteiger partial charge on any atom is 0.244 e. The van der Waals surface area contributed by atoms with Crippen molar-refractivity contribution in [3.05, 3.63) is 35.8 Å². The molecule has 9 heteroatoms. The number of nitrogen functional groups attached to an aromatic ring is 1. The maximum atomic E-state index is 12.2. The fourth-order valence-electron chi connectivity index (χ4n) is 1.79. The van der Waals surface area contributed by atoms with Crippen molar-refractivity contribution < 1.29 is 8.42 Å². The van der Waals surface area contributed by atoms with Gasteiger partial charge in [-0.2, -0.15) is 5.10 Å². The molecule has 2 heterocycles. The number of hydrogen-bond donors (Lipinski definition) is 3. The van der Waals surface area contributed by atoms with Gasteiger partial charge in [0, 0.05) is 31.5 Å². The van der Waals surface area contributed by atoms with Gasteiger partial charge < -0.3 is 5.43 Å². The van der Waals surface area contributed by atoms with Crippen LogP contribution in [0.4, 0.5) is 5.82 Å². The number of pyridine rings is 1. The van der Waals surface area contributed by atoms with E-state index < -0.39 is 10.0 Å². The van der Waals surface area contributed by atoms with Crippen LogP contribution in [0.5, 0.6) is 0 Å². The normalized spacial score (nSPS) is 11.6. The molecule has 0 saturated heterocycles. The fraction of sp³-hybridized carbons (Fsp3) is 0.273. The van der Waals surface area contributed by atoms with Crippen LogP contribution in [0.1, 0.15) is 11.3 Å². The molecule has 0 amide bonds. The summed E-state index contributed by atoms with van der Waals surface area (Å²) in [7, 11) is -1.92. The lowest BCUT2D eigenvalue weighted by atomic mass is 10.3. The van der Waals surface area contributed by atoms with Crippen LogP contribution in [0, 0.1) is 6.92 Å². The molecule has 0 spiro atoms. The first-order valence-corrected chi connectivity index (χ1v) is 7.33. The number of aryl methyl sites for hydroxylation is 2. The maximum absolute atomic E-state index is 12.2. The van der Waals surface area contributed by atoms with Gasteiger partial charge in [0.25, 0.3) is 0 Å². The lowest BCUT2D eigenvalue weighted by Crippen LogP contribution is -2.25. The summed E-state index contributed by atoms with van der Waals surface area (Å²) in [4.78, 5) is 3.87. The Balaban J connectivity index is 2.21. The van der Waals surface area contributed by atoms with Crippen molar-refractivity contribution in [3.63, 3.8) is 0 Å². The first kappa shape index (κ1) is 14.4. The van der Waals surface area contributed by atoms with Crippen LogP contribution in [0.3, 0.4) is 0 Å². The molecule has 0 aliphatic heterocycles. The molecule has 2 rings (SSSR count). The molecule has 0 aliphatic carbocycles. The third-order valence-electron chi connectivity index (χ3n) is 2.76. The number of nitrogens with two attached hydrogens (primary N) is 1. The summed E-state index contributed by atoms with van der Waals surface area (Å²) in [6.45, 7) is 1.97. The summed E-state index contributed by atoms with van der Waals surface area (Å²) < 4.78 is 28.6. The first-order valence-electron chi connectivity index (χ1n) is 5.84. The minimum Gasteiger partial charge on any atom is -0.307 e. The monoisotopic (exact) mass is 296 g/mol. The van der Waals surface area contributed by atoms with Crippen molar-refractivity contribution in [3.8, 4) is 0 Å². The summed E-state index contributed by atoms with van der Waals surface area (Å²) in [5.74, 6) is 5.36. The van der Waals surface area contributed by atoms with E-state index in [-0.39, 0.29) is 17.3 Å². The Labute approximate surface area is 117 Å². The number of nitrogens with zero attached hydrogens (tertiary/aromatic N) is 3. The van der Waals surface area contributed by atoms with Crippen LogP contribution >= 0.6 is 0 Å². The van der Waals surface area contributed by atoms with E-state index in [1.165, 1.54) is 18.3 Å². The minimum absolute atomic E-state index is 0.00374. The standard InChI is InChI=1S/C11H16N6O2S/c1-8-9(7-17(2)16-8)6-14-20(18,19)10-4-3-5-13-11(10)15-12/h3-5,7,14H,6,12H2,1-2H3,(H,13,15). The van der Waals surface area contributed by atoms with Crippen LogP contribution in [-0.2, 0) is 23.6 Å². The molecule has 108 valence electrons. The molecule has 0 unspecified atom stereocenters. The highest BCUT2D eigenvalue weighted by atomic mass is 32.2. The zero-order valence-electron chi connectivity index (χ0n) is 11.2. The first-order chi connectivity index (χ1) is 9.44. The van der Waals surface area contributed by atoms with Crippen molar-refractivity contribution in [2.75, 3.05) is 5.43 Å². The third kappa shape index (κ3) is 2.95. The van der Waals surface area contributed by atoms with Crippen molar-refractivity contribution in [2.45, 2.75) is 18.4 Å². The van der Waals surface area contributed by atoms with Crippen LogP contribution < -0.4 is 16.0 Å². The average Bonchev–Trinajstić information content (AvgIpc) is 2.75. The number of sulfonamides is 1. The number of nitrogens with one attached hydrogen (secondary N) is 2. The molecule has 0 atom stereocenters. The van der Waals surface area contributed by atoms with Gasteiger partial charge in [-0.3, -0.25) is 4.68 Å². The van der Waals surface area contributed by atoms with Gasteiger partial charge in [0.1, 0.15) is 4.90 Å². The smallest absolute Gasteiger partial charge is 0.244 e. The molecular formula is C11H16N6O2S. The molecule has 0 aromatic carbocycles. The van der Waals surface area contributed by atoms with E-state index >= 15 is 0 Å². The molecule has 0 radical (unpaired) electrons. The molecule has 0 bridgehead atoms. The molecular weight excluding hydrogens is 280 g/mol. The van der Waals surface area contributed by atoms with Crippen molar-refractivity contribution in [1.82, 2.24) is 19.5 Å². The summed E-state index contributed by atoms with van der Waals surface area (Å²) >= 11 is 0. The van der Waals surface area contributed by atoms with E-state index in [1.807, 2.05) is 6.92 Å². The number of aromatic nitrogens is 3. The van der Waals surface area contributed by atoms with Gasteiger partial charge in [-0.1, -0.05) is 0 Å². The van der Waals surface area contributed by atoms with E-state index in [2.05, 4.69) is 20.2 Å². The number of anilines is 1. The lowest BCUT2D eigenvalue weighted by Gasteiger charge is -2.09. The van der Waals surface area contributed by atoms with Gasteiger partial charge >= 0.3 is 0 Å². The topological polar surface area (TPSA) is 115 Å². The highest BCUT2D eigenvalue weighted by Crippen LogP contribution is 2.17. The van der Waals surface area contributed by atoms with Crippen LogP contribution in [0.2, 0.25) is 0 Å². The fourth-order valence-corrected chi connectivity index (χ4v) is 2.91. The largest absolute Gasteiger partial charge is 0.307 e. The van der Waals surface area contributed by atoms with Crippen LogP contribution in [0.15, 0.2) is 29.4 Å². The predicted octanol–water partition coefficient (Wildman–Crippen LogP) is -0.112. The number of rotatable bonds is 5. The van der Waals surface area contributed by atoms with E-state index in [1.54, 1.807) is 17.9 Å². The van der Waals surface area contributed by atoms with Crippen molar-refractivity contribution >= 4 is 15.8 Å². The van der Waals surface area contributed by atoms with Crippen molar-refractivity contribution in [2.24, 2.45) is 12.9 Å². The SMILES string of the molecule is Cc1nn(C)cc1CNS(=O)(=O)c1cccnc1NN. The second-order valence-corrected chi connectivity index (χ2v) is 5.97. The Hall–Kier alpha value is -1.97. The van der Waals surface area contributed by atoms with Gasteiger partial charge in [0.2, 0.25) is 10.0 Å². The molecule has 0 aliphatic rings.